The zero-order chi connectivity index (χ0) is 12.3. The Morgan fingerprint density at radius 3 is 3.06 bits per heavy atom. The largest absolute Gasteiger partial charge is 0.381 e. The lowest BCUT2D eigenvalue weighted by Gasteiger charge is -2.12. The fourth-order valence-electron chi connectivity index (χ4n) is 1.83. The fraction of sp³-hybridized carbons (Fsp3) is 0.455. The third-order valence-electron chi connectivity index (χ3n) is 2.78. The van der Waals surface area contributed by atoms with Gasteiger partial charge in [0.25, 0.3) is 5.69 Å². The Morgan fingerprint density at radius 2 is 2.41 bits per heavy atom. The van der Waals surface area contributed by atoms with Crippen molar-refractivity contribution in [1.82, 2.24) is 0 Å². The van der Waals surface area contributed by atoms with Gasteiger partial charge in [0.15, 0.2) is 0 Å². The molecule has 0 aliphatic carbocycles. The lowest BCUT2D eigenvalue weighted by Crippen LogP contribution is -2.15. The molecule has 1 N–H and O–H groups in total. The van der Waals surface area contributed by atoms with Crippen LogP contribution in [0.15, 0.2) is 18.2 Å². The van der Waals surface area contributed by atoms with Crippen molar-refractivity contribution in [3.63, 3.8) is 0 Å². The zero-order valence-corrected chi connectivity index (χ0v) is 9.94. The van der Waals surface area contributed by atoms with Crippen LogP contribution >= 0.6 is 11.6 Å². The number of nitro benzene ring substituents is 1. The van der Waals surface area contributed by atoms with Gasteiger partial charge < -0.3 is 10.1 Å². The van der Waals surface area contributed by atoms with Gasteiger partial charge in [0.2, 0.25) is 0 Å². The first-order valence-corrected chi connectivity index (χ1v) is 5.81. The first-order valence-electron chi connectivity index (χ1n) is 5.43. The number of hydrogen-bond donors (Lipinski definition) is 1. The average molecular weight is 257 g/mol. The van der Waals surface area contributed by atoms with Gasteiger partial charge in [-0.25, -0.2) is 0 Å². The molecule has 1 aromatic carbocycles. The first-order chi connectivity index (χ1) is 8.18. The SMILES string of the molecule is O=[N+]([O-])c1cccc(Cl)c1NCC1CCOC1. The number of para-hydroxylation sites is 1. The van der Waals surface area contributed by atoms with Crippen LogP contribution < -0.4 is 5.32 Å². The summed E-state index contributed by atoms with van der Waals surface area (Å²) >= 11 is 5.96. The van der Waals surface area contributed by atoms with E-state index < -0.39 is 4.92 Å². The minimum absolute atomic E-state index is 0.0106. The molecule has 5 nitrogen and oxygen atoms in total. The molecule has 1 aliphatic heterocycles. The van der Waals surface area contributed by atoms with Crippen LogP contribution in [0.1, 0.15) is 6.42 Å². The van der Waals surface area contributed by atoms with Gasteiger partial charge >= 0.3 is 0 Å². The molecule has 17 heavy (non-hydrogen) atoms. The van der Waals surface area contributed by atoms with Crippen molar-refractivity contribution in [2.24, 2.45) is 5.92 Å². The van der Waals surface area contributed by atoms with Crippen LogP contribution in [-0.4, -0.2) is 24.7 Å². The van der Waals surface area contributed by atoms with Crippen LogP contribution in [0.3, 0.4) is 0 Å². The molecular weight excluding hydrogens is 244 g/mol. The van der Waals surface area contributed by atoms with Gasteiger partial charge in [-0.2, -0.15) is 0 Å². The minimum Gasteiger partial charge on any atom is -0.381 e. The molecule has 0 radical (unpaired) electrons. The van der Waals surface area contributed by atoms with E-state index in [-0.39, 0.29) is 5.69 Å². The second-order valence-electron chi connectivity index (χ2n) is 4.00. The van der Waals surface area contributed by atoms with E-state index in [2.05, 4.69) is 5.32 Å². The summed E-state index contributed by atoms with van der Waals surface area (Å²) in [7, 11) is 0. The Balaban J connectivity index is 2.10. The Bertz CT molecular complexity index is 419. The molecule has 1 heterocycles. The lowest BCUT2D eigenvalue weighted by atomic mass is 10.1. The number of hydrogen-bond acceptors (Lipinski definition) is 4. The third kappa shape index (κ3) is 2.87. The molecule has 1 unspecified atom stereocenters. The van der Waals surface area contributed by atoms with E-state index in [4.69, 9.17) is 16.3 Å². The molecule has 2 rings (SSSR count). The van der Waals surface area contributed by atoms with Crippen molar-refractivity contribution >= 4 is 23.0 Å². The normalized spacial score (nSPS) is 19.2. The van der Waals surface area contributed by atoms with E-state index in [1.165, 1.54) is 6.07 Å². The standard InChI is InChI=1S/C11H13ClN2O3/c12-9-2-1-3-10(14(15)16)11(9)13-6-8-4-5-17-7-8/h1-3,8,13H,4-7H2. The number of halogens is 1. The van der Waals surface area contributed by atoms with Crippen molar-refractivity contribution in [3.8, 4) is 0 Å². The topological polar surface area (TPSA) is 64.4 Å². The predicted octanol–water partition coefficient (Wildman–Crippen LogP) is 2.70. The summed E-state index contributed by atoms with van der Waals surface area (Å²) in [5.41, 5.74) is 0.405. The van der Waals surface area contributed by atoms with E-state index in [0.29, 0.717) is 29.8 Å². The molecule has 6 heteroatoms. The Labute approximate surface area is 104 Å². The average Bonchev–Trinajstić information content (AvgIpc) is 2.80. The molecule has 0 bridgehead atoms. The van der Waals surface area contributed by atoms with E-state index in [1.54, 1.807) is 12.1 Å². The maximum atomic E-state index is 10.9. The minimum atomic E-state index is -0.431. The fourth-order valence-corrected chi connectivity index (χ4v) is 2.07. The van der Waals surface area contributed by atoms with Crippen molar-refractivity contribution in [2.75, 3.05) is 25.1 Å². The third-order valence-corrected chi connectivity index (χ3v) is 3.09. The van der Waals surface area contributed by atoms with Crippen molar-refractivity contribution in [1.29, 1.82) is 0 Å². The van der Waals surface area contributed by atoms with Crippen molar-refractivity contribution in [3.05, 3.63) is 33.3 Å². The monoisotopic (exact) mass is 256 g/mol. The highest BCUT2D eigenvalue weighted by Crippen LogP contribution is 2.32. The summed E-state index contributed by atoms with van der Waals surface area (Å²) in [6.45, 7) is 2.10. The van der Waals surface area contributed by atoms with Crippen molar-refractivity contribution in [2.45, 2.75) is 6.42 Å². The number of nitrogens with zero attached hydrogens (tertiary/aromatic N) is 1. The Hall–Kier alpha value is -1.33. The number of nitrogens with one attached hydrogen (secondary N) is 1. The molecule has 0 saturated carbocycles. The maximum absolute atomic E-state index is 10.9. The van der Waals surface area contributed by atoms with Crippen LogP contribution in [-0.2, 0) is 4.74 Å². The van der Waals surface area contributed by atoms with Gasteiger partial charge in [-0.3, -0.25) is 10.1 Å². The molecule has 0 spiro atoms. The van der Waals surface area contributed by atoms with Crippen LogP contribution in [0.5, 0.6) is 0 Å². The van der Waals surface area contributed by atoms with E-state index in [1.807, 2.05) is 0 Å². The number of rotatable bonds is 4. The first kappa shape index (κ1) is 12.1. The molecular formula is C11H13ClN2O3. The quantitative estimate of drug-likeness (QED) is 0.664. The van der Waals surface area contributed by atoms with Gasteiger partial charge in [-0.15, -0.1) is 0 Å². The summed E-state index contributed by atoms with van der Waals surface area (Å²) < 4.78 is 5.25. The van der Waals surface area contributed by atoms with Gasteiger partial charge in [-0.1, -0.05) is 17.7 Å². The van der Waals surface area contributed by atoms with Crippen LogP contribution in [0.4, 0.5) is 11.4 Å². The second kappa shape index (κ2) is 5.33. The summed E-state index contributed by atoms with van der Waals surface area (Å²) in [6.07, 6.45) is 0.977. The molecule has 1 aromatic rings. The highest BCUT2D eigenvalue weighted by molar-refractivity contribution is 6.33. The van der Waals surface area contributed by atoms with Crippen LogP contribution in [0, 0.1) is 16.0 Å². The van der Waals surface area contributed by atoms with E-state index in [0.717, 1.165) is 13.0 Å². The van der Waals surface area contributed by atoms with Crippen LogP contribution in [0.25, 0.3) is 0 Å². The molecule has 1 fully saturated rings. The number of anilines is 1. The smallest absolute Gasteiger partial charge is 0.293 e. The van der Waals surface area contributed by atoms with Crippen molar-refractivity contribution < 1.29 is 9.66 Å². The second-order valence-corrected chi connectivity index (χ2v) is 4.41. The molecule has 1 aliphatic rings. The van der Waals surface area contributed by atoms with Gasteiger partial charge in [-0.05, 0) is 12.5 Å². The van der Waals surface area contributed by atoms with Gasteiger partial charge in [0.05, 0.1) is 16.6 Å². The maximum Gasteiger partial charge on any atom is 0.293 e. The zero-order valence-electron chi connectivity index (χ0n) is 9.19. The van der Waals surface area contributed by atoms with Gasteiger partial charge in [0.1, 0.15) is 5.69 Å². The molecule has 1 atom stereocenters. The number of benzene rings is 1. The summed E-state index contributed by atoms with van der Waals surface area (Å²) in [5.74, 6) is 0.394. The highest BCUT2D eigenvalue weighted by Gasteiger charge is 2.20. The molecule has 0 amide bonds. The molecule has 1 saturated heterocycles. The number of nitro groups is 1. The summed E-state index contributed by atoms with van der Waals surface area (Å²) in [6, 6.07) is 4.66. The lowest BCUT2D eigenvalue weighted by molar-refractivity contribution is -0.383. The Morgan fingerprint density at radius 1 is 1.59 bits per heavy atom. The summed E-state index contributed by atoms with van der Waals surface area (Å²) in [5, 5.41) is 14.3. The van der Waals surface area contributed by atoms with Crippen LogP contribution in [0.2, 0.25) is 5.02 Å². The van der Waals surface area contributed by atoms with E-state index >= 15 is 0 Å². The summed E-state index contributed by atoms with van der Waals surface area (Å²) in [4.78, 5) is 10.4. The molecule has 0 aromatic heterocycles. The highest BCUT2D eigenvalue weighted by atomic mass is 35.5. The van der Waals surface area contributed by atoms with Gasteiger partial charge in [0, 0.05) is 25.1 Å². The predicted molar refractivity (Wildman–Crippen MR) is 65.5 cm³/mol. The number of ether oxygens (including phenoxy) is 1. The Kier molecular flexibility index (Phi) is 3.81. The molecule has 92 valence electrons. The van der Waals surface area contributed by atoms with E-state index in [9.17, 15) is 10.1 Å².